The van der Waals surface area contributed by atoms with Gasteiger partial charge in [0.05, 0.1) is 5.02 Å². The fourth-order valence-electron chi connectivity index (χ4n) is 2.45. The molecule has 1 aromatic carbocycles. The van der Waals surface area contributed by atoms with Gasteiger partial charge >= 0.3 is 0 Å². The summed E-state index contributed by atoms with van der Waals surface area (Å²) in [6.45, 7) is 5.82. The van der Waals surface area contributed by atoms with Gasteiger partial charge in [-0.1, -0.05) is 31.5 Å². The van der Waals surface area contributed by atoms with Gasteiger partial charge in [0.1, 0.15) is 12.2 Å². The van der Waals surface area contributed by atoms with Gasteiger partial charge < -0.3 is 14.8 Å². The lowest BCUT2D eigenvalue weighted by atomic mass is 9.85. The molecule has 0 spiro atoms. The number of hydrogen-bond acceptors (Lipinski definition) is 3. The zero-order valence-corrected chi connectivity index (χ0v) is 13.3. The van der Waals surface area contributed by atoms with Crippen LogP contribution in [-0.4, -0.2) is 31.4 Å². The molecular formula is C16H23ClFNO2. The maximum Gasteiger partial charge on any atom is 0.174 e. The van der Waals surface area contributed by atoms with E-state index in [-0.39, 0.29) is 24.0 Å². The Morgan fingerprint density at radius 3 is 2.81 bits per heavy atom. The molecule has 3 atom stereocenters. The van der Waals surface area contributed by atoms with Gasteiger partial charge in [0.2, 0.25) is 0 Å². The lowest BCUT2D eigenvalue weighted by molar-refractivity contribution is -0.108. The van der Waals surface area contributed by atoms with Crippen molar-refractivity contribution in [3.63, 3.8) is 0 Å². The molecule has 21 heavy (non-hydrogen) atoms. The van der Waals surface area contributed by atoms with Crippen molar-refractivity contribution in [3.8, 4) is 5.75 Å². The lowest BCUT2D eigenvalue weighted by Gasteiger charge is -2.44. The molecule has 0 amide bonds. The highest BCUT2D eigenvalue weighted by Gasteiger charge is 2.44. The molecule has 1 N–H and O–H groups in total. The fourth-order valence-corrected chi connectivity index (χ4v) is 2.66. The molecule has 0 heterocycles. The van der Waals surface area contributed by atoms with E-state index in [9.17, 15) is 4.39 Å². The summed E-state index contributed by atoms with van der Waals surface area (Å²) in [6, 6.07) is 4.83. The normalized spacial score (nSPS) is 24.7. The van der Waals surface area contributed by atoms with Gasteiger partial charge in [0.15, 0.2) is 11.6 Å². The summed E-state index contributed by atoms with van der Waals surface area (Å²) in [4.78, 5) is 0. The molecule has 0 aliphatic heterocycles. The first-order valence-corrected chi connectivity index (χ1v) is 8.00. The largest absolute Gasteiger partial charge is 0.483 e. The Labute approximate surface area is 130 Å². The Balaban J connectivity index is 1.98. The van der Waals surface area contributed by atoms with Crippen LogP contribution in [-0.2, 0) is 4.74 Å². The molecule has 1 fully saturated rings. The Morgan fingerprint density at radius 1 is 1.33 bits per heavy atom. The number of halogens is 2. The average molecular weight is 316 g/mol. The van der Waals surface area contributed by atoms with Crippen molar-refractivity contribution < 1.29 is 13.9 Å². The Hall–Kier alpha value is -0.840. The molecule has 2 rings (SSSR count). The van der Waals surface area contributed by atoms with E-state index in [1.54, 1.807) is 12.1 Å². The van der Waals surface area contributed by atoms with Crippen LogP contribution in [0.1, 0.15) is 33.1 Å². The van der Waals surface area contributed by atoms with Gasteiger partial charge in [-0.2, -0.15) is 0 Å². The Morgan fingerprint density at radius 2 is 2.14 bits per heavy atom. The van der Waals surface area contributed by atoms with E-state index < -0.39 is 5.82 Å². The van der Waals surface area contributed by atoms with Crippen LogP contribution in [0.25, 0.3) is 0 Å². The first-order chi connectivity index (χ1) is 10.2. The molecule has 0 radical (unpaired) electrons. The topological polar surface area (TPSA) is 30.5 Å². The van der Waals surface area contributed by atoms with Crippen LogP contribution < -0.4 is 10.1 Å². The highest BCUT2D eigenvalue weighted by atomic mass is 35.5. The molecule has 5 heteroatoms. The van der Waals surface area contributed by atoms with E-state index in [0.717, 1.165) is 25.8 Å². The molecule has 1 aromatic rings. The molecule has 118 valence electrons. The van der Waals surface area contributed by atoms with Crippen molar-refractivity contribution in [1.29, 1.82) is 0 Å². The minimum atomic E-state index is -0.429. The van der Waals surface area contributed by atoms with Gasteiger partial charge in [-0.25, -0.2) is 4.39 Å². The standard InChI is InChI=1S/C16H23ClFNO2/c1-3-8-19-13-10-14(16(13)20-9-4-2)21-15-11(17)6-5-7-12(15)18/h5-7,13-14,16,19H,3-4,8-10H2,1-2H3. The second-order valence-corrected chi connectivity index (χ2v) is 5.75. The van der Waals surface area contributed by atoms with Crippen molar-refractivity contribution in [2.75, 3.05) is 13.2 Å². The quantitative estimate of drug-likeness (QED) is 0.791. The second kappa shape index (κ2) is 7.97. The van der Waals surface area contributed by atoms with E-state index in [2.05, 4.69) is 19.2 Å². The monoisotopic (exact) mass is 315 g/mol. The summed E-state index contributed by atoms with van der Waals surface area (Å²) in [6.07, 6.45) is 2.62. The Bertz CT molecular complexity index is 438. The molecule has 1 aliphatic rings. The molecule has 1 aliphatic carbocycles. The van der Waals surface area contributed by atoms with Gasteiger partial charge in [-0.15, -0.1) is 0 Å². The summed E-state index contributed by atoms with van der Waals surface area (Å²) in [7, 11) is 0. The summed E-state index contributed by atoms with van der Waals surface area (Å²) in [5, 5.41) is 3.74. The number of ether oxygens (including phenoxy) is 2. The summed E-state index contributed by atoms with van der Waals surface area (Å²) < 4.78 is 25.4. The number of rotatable bonds is 8. The van der Waals surface area contributed by atoms with Crippen molar-refractivity contribution in [2.24, 2.45) is 0 Å². The minimum Gasteiger partial charge on any atom is -0.483 e. The SMILES string of the molecule is CCCNC1CC(Oc2c(F)cccc2Cl)C1OCCC. The third-order valence-electron chi connectivity index (χ3n) is 3.61. The third kappa shape index (κ3) is 4.09. The number of hydrogen-bond donors (Lipinski definition) is 1. The lowest BCUT2D eigenvalue weighted by Crippen LogP contribution is -2.61. The summed E-state index contributed by atoms with van der Waals surface area (Å²) in [5.74, 6) is -0.301. The fraction of sp³-hybridized carbons (Fsp3) is 0.625. The minimum absolute atomic E-state index is 0.0489. The van der Waals surface area contributed by atoms with Gasteiger partial charge in [0, 0.05) is 19.1 Å². The van der Waals surface area contributed by atoms with Crippen molar-refractivity contribution in [2.45, 2.75) is 51.4 Å². The number of para-hydroxylation sites is 1. The number of nitrogens with one attached hydrogen (secondary N) is 1. The van der Waals surface area contributed by atoms with Crippen LogP contribution in [0.4, 0.5) is 4.39 Å². The zero-order valence-electron chi connectivity index (χ0n) is 12.6. The smallest absolute Gasteiger partial charge is 0.174 e. The third-order valence-corrected chi connectivity index (χ3v) is 3.91. The second-order valence-electron chi connectivity index (χ2n) is 5.34. The molecule has 0 aromatic heterocycles. The molecule has 0 saturated heterocycles. The average Bonchev–Trinajstić information content (AvgIpc) is 2.45. The highest BCUT2D eigenvalue weighted by molar-refractivity contribution is 6.32. The molecule has 3 nitrogen and oxygen atoms in total. The zero-order chi connectivity index (χ0) is 15.2. The van der Waals surface area contributed by atoms with Crippen LogP contribution in [0.2, 0.25) is 5.02 Å². The predicted molar refractivity (Wildman–Crippen MR) is 82.6 cm³/mol. The molecular weight excluding hydrogens is 293 g/mol. The highest BCUT2D eigenvalue weighted by Crippen LogP contribution is 2.34. The summed E-state index contributed by atoms with van der Waals surface area (Å²) in [5.41, 5.74) is 0. The maximum absolute atomic E-state index is 13.8. The van der Waals surface area contributed by atoms with Crippen LogP contribution in [0.15, 0.2) is 18.2 Å². The first-order valence-electron chi connectivity index (χ1n) is 7.63. The Kier molecular flexibility index (Phi) is 6.27. The maximum atomic E-state index is 13.8. The van der Waals surface area contributed by atoms with Crippen molar-refractivity contribution in [3.05, 3.63) is 29.0 Å². The molecule has 3 unspecified atom stereocenters. The van der Waals surface area contributed by atoms with Gasteiger partial charge in [0.25, 0.3) is 0 Å². The van der Waals surface area contributed by atoms with E-state index in [4.69, 9.17) is 21.1 Å². The molecule has 0 bridgehead atoms. The van der Waals surface area contributed by atoms with Crippen LogP contribution in [0.3, 0.4) is 0 Å². The van der Waals surface area contributed by atoms with E-state index >= 15 is 0 Å². The summed E-state index contributed by atoms with van der Waals surface area (Å²) >= 11 is 6.01. The van der Waals surface area contributed by atoms with E-state index in [0.29, 0.717) is 11.6 Å². The molecule has 1 saturated carbocycles. The first kappa shape index (κ1) is 16.5. The van der Waals surface area contributed by atoms with Crippen LogP contribution in [0.5, 0.6) is 5.75 Å². The van der Waals surface area contributed by atoms with Crippen molar-refractivity contribution in [1.82, 2.24) is 5.32 Å². The van der Waals surface area contributed by atoms with Crippen LogP contribution in [0, 0.1) is 5.82 Å². The van der Waals surface area contributed by atoms with E-state index in [1.807, 2.05) is 0 Å². The predicted octanol–water partition coefficient (Wildman–Crippen LogP) is 3.79. The number of benzene rings is 1. The van der Waals surface area contributed by atoms with Crippen LogP contribution >= 0.6 is 11.6 Å². The van der Waals surface area contributed by atoms with Gasteiger partial charge in [-0.3, -0.25) is 0 Å². The van der Waals surface area contributed by atoms with Gasteiger partial charge in [-0.05, 0) is 31.5 Å². The van der Waals surface area contributed by atoms with E-state index in [1.165, 1.54) is 6.07 Å². The van der Waals surface area contributed by atoms with Crippen molar-refractivity contribution >= 4 is 11.6 Å².